The number of hydrogen-bond acceptors (Lipinski definition) is 4. The van der Waals surface area contributed by atoms with E-state index in [2.05, 4.69) is 68.3 Å². The van der Waals surface area contributed by atoms with Gasteiger partial charge < -0.3 is 9.80 Å². The van der Waals surface area contributed by atoms with E-state index < -0.39 is 0 Å². The van der Waals surface area contributed by atoms with E-state index in [1.54, 1.807) is 0 Å². The molecular weight excluding hydrogens is 296 g/mol. The Morgan fingerprint density at radius 1 is 0.583 bits per heavy atom. The fourth-order valence-corrected chi connectivity index (χ4v) is 3.40. The van der Waals surface area contributed by atoms with Crippen LogP contribution in [0, 0.1) is 0 Å². The maximum Gasteiger partial charge on any atom is 0.0585 e. The molecule has 4 nitrogen and oxygen atoms in total. The summed E-state index contributed by atoms with van der Waals surface area (Å²) in [5, 5.41) is 0. The predicted octanol–water partition coefficient (Wildman–Crippen LogP) is 2.86. The molecule has 0 N–H and O–H groups in total. The maximum atomic E-state index is 4.56. The first-order chi connectivity index (χ1) is 11.9. The molecule has 3 heterocycles. The molecule has 2 bridgehead atoms. The molecule has 0 radical (unpaired) electrons. The molecule has 0 atom stereocenters. The Bertz CT molecular complexity index is 692. The molecule has 0 unspecified atom stereocenters. The lowest BCUT2D eigenvalue weighted by molar-refractivity contribution is 0.653. The second kappa shape index (κ2) is 6.87. The summed E-state index contributed by atoms with van der Waals surface area (Å²) in [6.45, 7) is 5.53. The van der Waals surface area contributed by atoms with Crippen LogP contribution in [0.3, 0.4) is 0 Å². The monoisotopic (exact) mass is 318 g/mol. The second-order valence-corrected chi connectivity index (χ2v) is 6.16. The second-order valence-electron chi connectivity index (χ2n) is 6.16. The molecule has 2 aromatic carbocycles. The SMILES string of the molecule is C1=NCCN=Cc2ccccc2N2CCN(CC2)c2ccccc21. The molecule has 1 saturated heterocycles. The van der Waals surface area contributed by atoms with Crippen molar-refractivity contribution in [3.05, 3.63) is 59.7 Å². The standard InChI is InChI=1S/C20H22N4/c1-3-7-19-17(5-1)15-21-9-10-22-16-18-6-2-4-8-20(18)24-13-11-23(19)12-14-24/h1-8,15-16H,9-14H2. The molecule has 2 aromatic rings. The average Bonchev–Trinajstić information content (AvgIpc) is 2.65. The van der Waals surface area contributed by atoms with E-state index >= 15 is 0 Å². The topological polar surface area (TPSA) is 31.2 Å². The zero-order chi connectivity index (χ0) is 16.2. The van der Waals surface area contributed by atoms with E-state index in [1.807, 2.05) is 12.4 Å². The number of para-hydroxylation sites is 2. The lowest BCUT2D eigenvalue weighted by atomic mass is 10.1. The lowest BCUT2D eigenvalue weighted by Crippen LogP contribution is -2.47. The van der Waals surface area contributed by atoms with Gasteiger partial charge in [-0.1, -0.05) is 36.4 Å². The molecule has 1 fully saturated rings. The van der Waals surface area contributed by atoms with E-state index in [0.717, 1.165) is 39.3 Å². The number of benzene rings is 2. The van der Waals surface area contributed by atoms with Gasteiger partial charge in [0, 0.05) is 61.1 Å². The van der Waals surface area contributed by atoms with Gasteiger partial charge in [-0.2, -0.15) is 0 Å². The lowest BCUT2D eigenvalue weighted by Gasteiger charge is -2.38. The summed E-state index contributed by atoms with van der Waals surface area (Å²) in [4.78, 5) is 14.1. The smallest absolute Gasteiger partial charge is 0.0585 e. The predicted molar refractivity (Wildman–Crippen MR) is 102 cm³/mol. The Morgan fingerprint density at radius 3 is 1.46 bits per heavy atom. The van der Waals surface area contributed by atoms with Crippen LogP contribution in [0.25, 0.3) is 0 Å². The van der Waals surface area contributed by atoms with Gasteiger partial charge in [0.25, 0.3) is 0 Å². The first-order valence-electron chi connectivity index (χ1n) is 8.59. The normalized spacial score (nSPS) is 17.3. The summed E-state index contributed by atoms with van der Waals surface area (Å²) in [7, 11) is 0. The molecule has 3 aliphatic rings. The molecule has 3 aliphatic heterocycles. The van der Waals surface area contributed by atoms with Crippen LogP contribution in [0.1, 0.15) is 11.1 Å². The summed E-state index contributed by atoms with van der Waals surface area (Å²) >= 11 is 0. The van der Waals surface area contributed by atoms with Gasteiger partial charge in [0.05, 0.1) is 13.1 Å². The highest BCUT2D eigenvalue weighted by Gasteiger charge is 2.20. The summed E-state index contributed by atoms with van der Waals surface area (Å²) < 4.78 is 0. The fraction of sp³-hybridized carbons (Fsp3) is 0.300. The van der Waals surface area contributed by atoms with Crippen LogP contribution in [-0.2, 0) is 0 Å². The van der Waals surface area contributed by atoms with Gasteiger partial charge in [-0.05, 0) is 12.1 Å². The largest absolute Gasteiger partial charge is 0.367 e. The van der Waals surface area contributed by atoms with Gasteiger partial charge in [-0.3, -0.25) is 9.98 Å². The minimum absolute atomic E-state index is 0.719. The van der Waals surface area contributed by atoms with Gasteiger partial charge in [-0.25, -0.2) is 0 Å². The maximum absolute atomic E-state index is 4.56. The van der Waals surface area contributed by atoms with Gasteiger partial charge in [0.1, 0.15) is 0 Å². The molecule has 122 valence electrons. The summed E-state index contributed by atoms with van der Waals surface area (Å²) in [6, 6.07) is 17.1. The van der Waals surface area contributed by atoms with Crippen molar-refractivity contribution in [1.29, 1.82) is 0 Å². The Morgan fingerprint density at radius 2 is 1.00 bits per heavy atom. The zero-order valence-corrected chi connectivity index (χ0v) is 13.8. The molecule has 0 spiro atoms. The molecule has 0 amide bonds. The molecule has 0 aliphatic carbocycles. The number of hydrogen-bond donors (Lipinski definition) is 0. The van der Waals surface area contributed by atoms with Crippen LogP contribution >= 0.6 is 0 Å². The fourth-order valence-electron chi connectivity index (χ4n) is 3.40. The number of anilines is 2. The summed E-state index contributed by atoms with van der Waals surface area (Å²) in [5.41, 5.74) is 4.98. The summed E-state index contributed by atoms with van der Waals surface area (Å²) in [5.74, 6) is 0. The number of rotatable bonds is 0. The van der Waals surface area contributed by atoms with E-state index in [-0.39, 0.29) is 0 Å². The van der Waals surface area contributed by atoms with Crippen LogP contribution in [0.15, 0.2) is 58.5 Å². The number of aliphatic imine (C=N–C) groups is 2. The van der Waals surface area contributed by atoms with Gasteiger partial charge in [-0.15, -0.1) is 0 Å². The highest BCUT2D eigenvalue weighted by Crippen LogP contribution is 2.25. The van der Waals surface area contributed by atoms with Crippen LogP contribution in [0.2, 0.25) is 0 Å². The minimum atomic E-state index is 0.719. The first-order valence-corrected chi connectivity index (χ1v) is 8.59. The third kappa shape index (κ3) is 3.04. The average molecular weight is 318 g/mol. The number of piperazine rings is 1. The first kappa shape index (κ1) is 14.9. The van der Waals surface area contributed by atoms with E-state index in [0.29, 0.717) is 0 Å². The van der Waals surface area contributed by atoms with Crippen LogP contribution in [0.5, 0.6) is 0 Å². The summed E-state index contributed by atoms with van der Waals surface area (Å²) in [6.07, 6.45) is 3.99. The van der Waals surface area contributed by atoms with E-state index in [9.17, 15) is 0 Å². The van der Waals surface area contributed by atoms with Crippen molar-refractivity contribution in [2.24, 2.45) is 9.98 Å². The van der Waals surface area contributed by atoms with Crippen molar-refractivity contribution in [2.75, 3.05) is 49.1 Å². The highest BCUT2D eigenvalue weighted by atomic mass is 15.3. The number of nitrogens with zero attached hydrogens (tertiary/aromatic N) is 4. The Balaban J connectivity index is 1.69. The quantitative estimate of drug-likeness (QED) is 0.748. The highest BCUT2D eigenvalue weighted by molar-refractivity contribution is 5.89. The van der Waals surface area contributed by atoms with E-state index in [4.69, 9.17) is 0 Å². The van der Waals surface area contributed by atoms with Gasteiger partial charge in [0.2, 0.25) is 0 Å². The van der Waals surface area contributed by atoms with Gasteiger partial charge in [0.15, 0.2) is 0 Å². The van der Waals surface area contributed by atoms with Crippen molar-refractivity contribution < 1.29 is 0 Å². The molecular formula is C20H22N4. The Kier molecular flexibility index (Phi) is 4.28. The third-order valence-corrected chi connectivity index (χ3v) is 4.65. The zero-order valence-electron chi connectivity index (χ0n) is 13.8. The van der Waals surface area contributed by atoms with Crippen LogP contribution in [-0.4, -0.2) is 51.7 Å². The third-order valence-electron chi connectivity index (χ3n) is 4.65. The number of fused-ring (bicyclic) bond motifs is 5. The van der Waals surface area contributed by atoms with Crippen LogP contribution in [0.4, 0.5) is 11.4 Å². The van der Waals surface area contributed by atoms with Crippen molar-refractivity contribution in [3.63, 3.8) is 0 Å². The van der Waals surface area contributed by atoms with Crippen molar-refractivity contribution in [2.45, 2.75) is 0 Å². The van der Waals surface area contributed by atoms with Gasteiger partial charge >= 0.3 is 0 Å². The Hall–Kier alpha value is -2.62. The minimum Gasteiger partial charge on any atom is -0.367 e. The molecule has 24 heavy (non-hydrogen) atoms. The van der Waals surface area contributed by atoms with Crippen molar-refractivity contribution in [3.8, 4) is 0 Å². The van der Waals surface area contributed by atoms with E-state index in [1.165, 1.54) is 22.5 Å². The Labute approximate surface area is 143 Å². The molecule has 0 aromatic heterocycles. The molecule has 5 rings (SSSR count). The molecule has 4 heteroatoms. The van der Waals surface area contributed by atoms with Crippen LogP contribution < -0.4 is 9.80 Å². The van der Waals surface area contributed by atoms with Crippen molar-refractivity contribution >= 4 is 23.8 Å². The van der Waals surface area contributed by atoms with Crippen molar-refractivity contribution in [1.82, 2.24) is 0 Å². The molecule has 0 saturated carbocycles.